The lowest BCUT2D eigenvalue weighted by atomic mass is 10.3. The predicted octanol–water partition coefficient (Wildman–Crippen LogP) is 2.78. The van der Waals surface area contributed by atoms with Crippen molar-refractivity contribution < 1.29 is 13.2 Å². The van der Waals surface area contributed by atoms with Crippen LogP contribution in [0.1, 0.15) is 0 Å². The minimum Gasteiger partial charge on any atom is -0.457 e. The normalized spacial score (nSPS) is 11.2. The molecule has 0 fully saturated rings. The fourth-order valence-corrected chi connectivity index (χ4v) is 1.98. The van der Waals surface area contributed by atoms with Gasteiger partial charge in [-0.3, -0.25) is 0 Å². The lowest BCUT2D eigenvalue weighted by Crippen LogP contribution is -2.11. The van der Waals surface area contributed by atoms with Gasteiger partial charge < -0.3 is 4.74 Å². The van der Waals surface area contributed by atoms with E-state index in [0.29, 0.717) is 16.5 Å². The van der Waals surface area contributed by atoms with Crippen LogP contribution in [0.3, 0.4) is 0 Å². The van der Waals surface area contributed by atoms with Crippen LogP contribution in [-0.4, -0.2) is 8.42 Å². The molecule has 2 aromatic carbocycles. The fourth-order valence-electron chi connectivity index (χ4n) is 1.34. The molecule has 0 atom stereocenters. The molecule has 2 N–H and O–H groups in total. The Morgan fingerprint density at radius 3 is 1.78 bits per heavy atom. The highest BCUT2D eigenvalue weighted by Crippen LogP contribution is 2.23. The Balaban J connectivity index is 2.18. The number of primary sulfonamides is 1. The van der Waals surface area contributed by atoms with Crippen LogP contribution in [0.15, 0.2) is 53.4 Å². The summed E-state index contributed by atoms with van der Waals surface area (Å²) in [7, 11) is -3.67. The molecule has 94 valence electrons. The Kier molecular flexibility index (Phi) is 3.56. The first-order valence-corrected chi connectivity index (χ1v) is 6.94. The van der Waals surface area contributed by atoms with E-state index in [-0.39, 0.29) is 4.90 Å². The van der Waals surface area contributed by atoms with Crippen LogP contribution in [0.25, 0.3) is 0 Å². The number of benzene rings is 2. The molecule has 6 heteroatoms. The predicted molar refractivity (Wildman–Crippen MR) is 69.3 cm³/mol. The molecule has 0 bridgehead atoms. The number of sulfonamides is 1. The fraction of sp³-hybridized carbons (Fsp3) is 0. The number of ether oxygens (including phenoxy) is 1. The van der Waals surface area contributed by atoms with Crippen molar-refractivity contribution in [1.29, 1.82) is 0 Å². The summed E-state index contributed by atoms with van der Waals surface area (Å²) < 4.78 is 27.6. The SMILES string of the molecule is NS(=O)(=O)c1ccc(Oc2ccc(Cl)cc2)cc1. The molecule has 0 aromatic heterocycles. The molecule has 0 aliphatic rings. The molecule has 0 aliphatic heterocycles. The molecule has 0 radical (unpaired) electrons. The van der Waals surface area contributed by atoms with E-state index < -0.39 is 10.0 Å². The molecular formula is C12H10ClNO3S. The minimum absolute atomic E-state index is 0.0472. The van der Waals surface area contributed by atoms with Crippen molar-refractivity contribution in [3.8, 4) is 11.5 Å². The summed E-state index contributed by atoms with van der Waals surface area (Å²) in [5.74, 6) is 1.13. The highest BCUT2D eigenvalue weighted by Gasteiger charge is 2.07. The average Bonchev–Trinajstić information content (AvgIpc) is 2.32. The van der Waals surface area contributed by atoms with E-state index in [1.54, 1.807) is 24.3 Å². The van der Waals surface area contributed by atoms with Gasteiger partial charge in [-0.15, -0.1) is 0 Å². The molecule has 18 heavy (non-hydrogen) atoms. The van der Waals surface area contributed by atoms with Crippen LogP contribution in [0.2, 0.25) is 5.02 Å². The van der Waals surface area contributed by atoms with Crippen LogP contribution >= 0.6 is 11.6 Å². The number of hydrogen-bond acceptors (Lipinski definition) is 3. The molecule has 0 amide bonds. The van der Waals surface area contributed by atoms with Crippen molar-refractivity contribution in [3.05, 3.63) is 53.6 Å². The van der Waals surface area contributed by atoms with Crippen LogP contribution < -0.4 is 9.88 Å². The smallest absolute Gasteiger partial charge is 0.238 e. The molecule has 0 saturated carbocycles. The van der Waals surface area contributed by atoms with Gasteiger partial charge in [-0.2, -0.15) is 0 Å². The van der Waals surface area contributed by atoms with E-state index in [1.807, 2.05) is 0 Å². The number of nitrogens with two attached hydrogens (primary N) is 1. The molecule has 0 unspecified atom stereocenters. The molecule has 0 aliphatic carbocycles. The van der Waals surface area contributed by atoms with Gasteiger partial charge in [-0.05, 0) is 48.5 Å². The Morgan fingerprint density at radius 2 is 1.33 bits per heavy atom. The Labute approximate surface area is 110 Å². The zero-order valence-corrected chi connectivity index (χ0v) is 10.8. The van der Waals surface area contributed by atoms with Gasteiger partial charge in [0.15, 0.2) is 0 Å². The second kappa shape index (κ2) is 4.97. The van der Waals surface area contributed by atoms with Crippen LogP contribution in [0, 0.1) is 0 Å². The van der Waals surface area contributed by atoms with E-state index in [9.17, 15) is 8.42 Å². The maximum absolute atomic E-state index is 11.1. The third-order valence-corrected chi connectivity index (χ3v) is 3.38. The van der Waals surface area contributed by atoms with Crippen molar-refractivity contribution in [2.75, 3.05) is 0 Å². The number of hydrogen-bond donors (Lipinski definition) is 1. The van der Waals surface area contributed by atoms with Gasteiger partial charge in [0, 0.05) is 5.02 Å². The summed E-state index contributed by atoms with van der Waals surface area (Å²) in [5.41, 5.74) is 0. The minimum atomic E-state index is -3.67. The first kappa shape index (κ1) is 12.9. The van der Waals surface area contributed by atoms with Crippen molar-refractivity contribution in [2.24, 2.45) is 5.14 Å². The molecule has 2 rings (SSSR count). The van der Waals surface area contributed by atoms with Gasteiger partial charge in [0.2, 0.25) is 10.0 Å². The van der Waals surface area contributed by atoms with E-state index in [0.717, 1.165) is 0 Å². The summed E-state index contributed by atoms with van der Waals surface area (Å²) in [6.07, 6.45) is 0. The van der Waals surface area contributed by atoms with E-state index in [4.69, 9.17) is 21.5 Å². The van der Waals surface area contributed by atoms with Crippen LogP contribution in [-0.2, 0) is 10.0 Å². The zero-order valence-electron chi connectivity index (χ0n) is 9.21. The molecule has 0 spiro atoms. The molecular weight excluding hydrogens is 274 g/mol. The Morgan fingerprint density at radius 1 is 0.889 bits per heavy atom. The molecule has 2 aromatic rings. The van der Waals surface area contributed by atoms with Crippen molar-refractivity contribution in [3.63, 3.8) is 0 Å². The first-order valence-electron chi connectivity index (χ1n) is 5.01. The first-order chi connectivity index (χ1) is 8.45. The molecule has 0 saturated heterocycles. The van der Waals surface area contributed by atoms with Gasteiger partial charge in [-0.25, -0.2) is 13.6 Å². The monoisotopic (exact) mass is 283 g/mol. The van der Waals surface area contributed by atoms with Crippen LogP contribution in [0.5, 0.6) is 11.5 Å². The quantitative estimate of drug-likeness (QED) is 0.941. The molecule has 4 nitrogen and oxygen atoms in total. The van der Waals surface area contributed by atoms with Gasteiger partial charge in [0.25, 0.3) is 0 Å². The highest BCUT2D eigenvalue weighted by atomic mass is 35.5. The topological polar surface area (TPSA) is 69.4 Å². The lowest BCUT2D eigenvalue weighted by Gasteiger charge is -2.06. The standard InChI is InChI=1S/C12H10ClNO3S/c13-9-1-3-10(4-2-9)17-11-5-7-12(8-6-11)18(14,15)16/h1-8H,(H2,14,15,16). The maximum atomic E-state index is 11.1. The number of halogens is 1. The van der Waals surface area contributed by atoms with Gasteiger partial charge in [0.05, 0.1) is 4.90 Å². The Bertz CT molecular complexity index is 636. The van der Waals surface area contributed by atoms with Crippen LogP contribution in [0.4, 0.5) is 0 Å². The largest absolute Gasteiger partial charge is 0.457 e. The van der Waals surface area contributed by atoms with Crippen molar-refractivity contribution >= 4 is 21.6 Å². The van der Waals surface area contributed by atoms with E-state index >= 15 is 0 Å². The average molecular weight is 284 g/mol. The van der Waals surface area contributed by atoms with Crippen molar-refractivity contribution in [2.45, 2.75) is 4.90 Å². The summed E-state index contributed by atoms with van der Waals surface area (Å²) in [5, 5.41) is 5.61. The summed E-state index contributed by atoms with van der Waals surface area (Å²) in [6, 6.07) is 12.7. The zero-order chi connectivity index (χ0) is 13.2. The lowest BCUT2D eigenvalue weighted by molar-refractivity contribution is 0.482. The molecule has 0 heterocycles. The summed E-state index contributed by atoms with van der Waals surface area (Å²) in [4.78, 5) is 0.0472. The highest BCUT2D eigenvalue weighted by molar-refractivity contribution is 7.89. The maximum Gasteiger partial charge on any atom is 0.238 e. The summed E-state index contributed by atoms with van der Waals surface area (Å²) in [6.45, 7) is 0. The van der Waals surface area contributed by atoms with E-state index in [2.05, 4.69) is 0 Å². The second-order valence-electron chi connectivity index (χ2n) is 3.57. The number of rotatable bonds is 3. The summed E-state index contributed by atoms with van der Waals surface area (Å²) >= 11 is 5.75. The van der Waals surface area contributed by atoms with E-state index in [1.165, 1.54) is 24.3 Å². The van der Waals surface area contributed by atoms with Gasteiger partial charge in [-0.1, -0.05) is 11.6 Å². The third-order valence-electron chi connectivity index (χ3n) is 2.20. The Hall–Kier alpha value is -1.56. The van der Waals surface area contributed by atoms with Gasteiger partial charge >= 0.3 is 0 Å². The van der Waals surface area contributed by atoms with Crippen molar-refractivity contribution in [1.82, 2.24) is 0 Å². The third kappa shape index (κ3) is 3.22. The second-order valence-corrected chi connectivity index (χ2v) is 5.57. The van der Waals surface area contributed by atoms with Gasteiger partial charge in [0.1, 0.15) is 11.5 Å².